The van der Waals surface area contributed by atoms with Crippen LogP contribution in [0, 0.1) is 5.41 Å². The molecule has 0 heterocycles. The maximum Gasteiger partial charge on any atom is 0.303 e. The van der Waals surface area contributed by atoms with E-state index in [0.717, 1.165) is 31.4 Å². The summed E-state index contributed by atoms with van der Waals surface area (Å²) in [4.78, 5) is 32.9. The van der Waals surface area contributed by atoms with Crippen molar-refractivity contribution in [1.82, 2.24) is 0 Å². The molecule has 0 aromatic heterocycles. The highest BCUT2D eigenvalue weighted by atomic mass is 32.2. The Morgan fingerprint density at radius 2 is 1.08 bits per heavy atom. The summed E-state index contributed by atoms with van der Waals surface area (Å²) in [5, 5.41) is 27.0. The molecule has 0 aliphatic carbocycles. The van der Waals surface area contributed by atoms with Gasteiger partial charge in [-0.15, -0.1) is 0 Å². The van der Waals surface area contributed by atoms with E-state index < -0.39 is 23.3 Å². The highest BCUT2D eigenvalue weighted by Crippen LogP contribution is 2.40. The first-order chi connectivity index (χ1) is 11.8. The van der Waals surface area contributed by atoms with Crippen LogP contribution in [0.5, 0.6) is 0 Å². The van der Waals surface area contributed by atoms with E-state index in [9.17, 15) is 14.4 Å². The van der Waals surface area contributed by atoms with E-state index in [2.05, 4.69) is 6.26 Å². The van der Waals surface area contributed by atoms with E-state index >= 15 is 0 Å². The van der Waals surface area contributed by atoms with Crippen molar-refractivity contribution in [2.45, 2.75) is 77.0 Å². The first-order valence-corrected chi connectivity index (χ1v) is 10.3. The zero-order valence-electron chi connectivity index (χ0n) is 15.2. The molecule has 7 heteroatoms. The molecule has 0 fully saturated rings. The standard InChI is InChI=1S/C18H32O6S/c1-25-14-6-4-2-3-5-10-18(11-7-15(19)20,12-8-16(21)22)13-9-17(23)24/h2-14H2,1H3,(H,19,20)(H,21,22)(H,23,24). The van der Waals surface area contributed by atoms with Crippen LogP contribution in [0.25, 0.3) is 0 Å². The monoisotopic (exact) mass is 376 g/mol. The van der Waals surface area contributed by atoms with Crippen LogP contribution in [0.1, 0.15) is 77.0 Å². The molecule has 0 atom stereocenters. The molecule has 0 radical (unpaired) electrons. The maximum absolute atomic E-state index is 11.0. The molecular weight excluding hydrogens is 344 g/mol. The number of carboxylic acids is 3. The minimum Gasteiger partial charge on any atom is -0.481 e. The molecule has 25 heavy (non-hydrogen) atoms. The van der Waals surface area contributed by atoms with Crippen molar-refractivity contribution in [2.75, 3.05) is 12.0 Å². The zero-order valence-corrected chi connectivity index (χ0v) is 16.0. The Balaban J connectivity index is 4.68. The molecule has 0 saturated heterocycles. The molecule has 0 aliphatic heterocycles. The third kappa shape index (κ3) is 13.7. The molecule has 0 aromatic rings. The number of unbranched alkanes of at least 4 members (excludes halogenated alkanes) is 4. The van der Waals surface area contributed by atoms with Gasteiger partial charge in [0.2, 0.25) is 0 Å². The summed E-state index contributed by atoms with van der Waals surface area (Å²) in [5.41, 5.74) is -0.506. The van der Waals surface area contributed by atoms with Gasteiger partial charge in [-0.05, 0) is 49.5 Å². The van der Waals surface area contributed by atoms with Gasteiger partial charge < -0.3 is 15.3 Å². The van der Waals surface area contributed by atoms with E-state index in [-0.39, 0.29) is 19.3 Å². The summed E-state index contributed by atoms with van der Waals surface area (Å²) in [6.07, 6.45) is 9.02. The number of carboxylic acid groups (broad SMARTS) is 3. The fraction of sp³-hybridized carbons (Fsp3) is 0.833. The third-order valence-electron chi connectivity index (χ3n) is 4.66. The molecule has 0 aromatic carbocycles. The minimum absolute atomic E-state index is 0.0486. The minimum atomic E-state index is -0.924. The van der Waals surface area contributed by atoms with Gasteiger partial charge in [0.15, 0.2) is 0 Å². The number of aliphatic carboxylic acids is 3. The predicted octanol–water partition coefficient (Wildman–Crippen LogP) is 4.27. The average Bonchev–Trinajstić information content (AvgIpc) is 2.54. The maximum atomic E-state index is 11.0. The summed E-state index contributed by atoms with van der Waals surface area (Å²) in [6.45, 7) is 0. The topological polar surface area (TPSA) is 112 Å². The zero-order chi connectivity index (χ0) is 19.1. The fourth-order valence-electron chi connectivity index (χ4n) is 3.14. The van der Waals surface area contributed by atoms with Gasteiger partial charge in [0, 0.05) is 19.3 Å². The Labute approximate surface area is 154 Å². The smallest absolute Gasteiger partial charge is 0.303 e. The van der Waals surface area contributed by atoms with E-state index in [0.29, 0.717) is 25.7 Å². The number of hydrogen-bond acceptors (Lipinski definition) is 4. The lowest BCUT2D eigenvalue weighted by Gasteiger charge is -2.33. The molecule has 0 rings (SSSR count). The normalized spacial score (nSPS) is 11.4. The second kappa shape index (κ2) is 14.0. The first-order valence-electron chi connectivity index (χ1n) is 8.95. The lowest BCUT2D eigenvalue weighted by Crippen LogP contribution is -2.25. The van der Waals surface area contributed by atoms with Crippen LogP contribution in [0.4, 0.5) is 0 Å². The summed E-state index contributed by atoms with van der Waals surface area (Å²) >= 11 is 1.83. The van der Waals surface area contributed by atoms with Crippen LogP contribution in [-0.4, -0.2) is 45.2 Å². The quantitative estimate of drug-likeness (QED) is 0.325. The summed E-state index contributed by atoms with van der Waals surface area (Å²) in [5.74, 6) is -1.62. The number of carbonyl (C=O) groups is 3. The van der Waals surface area contributed by atoms with Crippen molar-refractivity contribution in [3.8, 4) is 0 Å². The molecule has 0 spiro atoms. The van der Waals surface area contributed by atoms with E-state index in [1.807, 2.05) is 11.8 Å². The van der Waals surface area contributed by atoms with E-state index in [1.54, 1.807) is 0 Å². The van der Waals surface area contributed by atoms with Crippen molar-refractivity contribution in [3.63, 3.8) is 0 Å². The molecule has 146 valence electrons. The SMILES string of the molecule is CSCCCCCCCC(CCC(=O)O)(CCC(=O)O)CCC(=O)O. The molecule has 0 saturated carbocycles. The van der Waals surface area contributed by atoms with Crippen LogP contribution in [0.15, 0.2) is 0 Å². The number of hydrogen-bond donors (Lipinski definition) is 3. The predicted molar refractivity (Wildman–Crippen MR) is 99.1 cm³/mol. The van der Waals surface area contributed by atoms with Gasteiger partial charge in [0.1, 0.15) is 0 Å². The third-order valence-corrected chi connectivity index (χ3v) is 5.36. The molecule has 6 nitrogen and oxygen atoms in total. The van der Waals surface area contributed by atoms with Gasteiger partial charge in [0.25, 0.3) is 0 Å². The van der Waals surface area contributed by atoms with Gasteiger partial charge in [0.05, 0.1) is 0 Å². The van der Waals surface area contributed by atoms with Crippen molar-refractivity contribution >= 4 is 29.7 Å². The summed E-state index contributed by atoms with van der Waals surface area (Å²) in [7, 11) is 0. The Hall–Kier alpha value is -1.24. The first kappa shape index (κ1) is 23.8. The Bertz CT molecular complexity index is 365. The van der Waals surface area contributed by atoms with Gasteiger partial charge in [-0.2, -0.15) is 11.8 Å². The van der Waals surface area contributed by atoms with Crippen molar-refractivity contribution in [2.24, 2.45) is 5.41 Å². The summed E-state index contributed by atoms with van der Waals surface area (Å²) in [6, 6.07) is 0. The lowest BCUT2D eigenvalue weighted by atomic mass is 9.71. The molecular formula is C18H32O6S. The highest BCUT2D eigenvalue weighted by Gasteiger charge is 2.31. The number of rotatable bonds is 17. The average molecular weight is 377 g/mol. The van der Waals surface area contributed by atoms with E-state index in [4.69, 9.17) is 15.3 Å². The van der Waals surface area contributed by atoms with Crippen LogP contribution in [0.3, 0.4) is 0 Å². The van der Waals surface area contributed by atoms with E-state index in [1.165, 1.54) is 6.42 Å². The van der Waals surface area contributed by atoms with Gasteiger partial charge in [-0.3, -0.25) is 14.4 Å². The Morgan fingerprint density at radius 3 is 1.48 bits per heavy atom. The van der Waals surface area contributed by atoms with Crippen LogP contribution in [-0.2, 0) is 14.4 Å². The lowest BCUT2D eigenvalue weighted by molar-refractivity contribution is -0.138. The molecule has 3 N–H and O–H groups in total. The van der Waals surface area contributed by atoms with Crippen LogP contribution >= 0.6 is 11.8 Å². The van der Waals surface area contributed by atoms with Gasteiger partial charge >= 0.3 is 17.9 Å². The van der Waals surface area contributed by atoms with Crippen LogP contribution in [0.2, 0.25) is 0 Å². The number of thioether (sulfide) groups is 1. The molecule has 0 aliphatic rings. The highest BCUT2D eigenvalue weighted by molar-refractivity contribution is 7.98. The van der Waals surface area contributed by atoms with Gasteiger partial charge in [-0.25, -0.2) is 0 Å². The summed E-state index contributed by atoms with van der Waals surface area (Å²) < 4.78 is 0. The van der Waals surface area contributed by atoms with Crippen molar-refractivity contribution in [3.05, 3.63) is 0 Å². The second-order valence-corrected chi connectivity index (χ2v) is 7.68. The second-order valence-electron chi connectivity index (χ2n) is 6.69. The molecule has 0 unspecified atom stereocenters. The molecule has 0 bridgehead atoms. The largest absolute Gasteiger partial charge is 0.481 e. The van der Waals surface area contributed by atoms with Crippen LogP contribution < -0.4 is 0 Å². The fourth-order valence-corrected chi connectivity index (χ4v) is 3.64. The van der Waals surface area contributed by atoms with Gasteiger partial charge in [-0.1, -0.05) is 25.7 Å². The Kier molecular flexibility index (Phi) is 13.3. The van der Waals surface area contributed by atoms with Crippen molar-refractivity contribution < 1.29 is 29.7 Å². The van der Waals surface area contributed by atoms with Crippen molar-refractivity contribution in [1.29, 1.82) is 0 Å². The molecule has 0 amide bonds. The Morgan fingerprint density at radius 1 is 0.680 bits per heavy atom.